The van der Waals surface area contributed by atoms with E-state index in [1.165, 1.54) is 30.3 Å². The van der Waals surface area contributed by atoms with Crippen LogP contribution in [0.15, 0.2) is 54.4 Å². The van der Waals surface area contributed by atoms with Gasteiger partial charge in [0.05, 0.1) is 0 Å². The van der Waals surface area contributed by atoms with E-state index in [0.29, 0.717) is 0 Å². The molecular formula is C13H9F5O. The third kappa shape index (κ3) is 2.53. The molecule has 1 aliphatic rings. The number of rotatable bonds is 2. The fraction of sp³-hybridized carbons (Fsp3) is 0.231. The topological polar surface area (TPSA) is 9.23 Å². The zero-order valence-electron chi connectivity index (χ0n) is 9.49. The molecule has 0 aliphatic heterocycles. The molecule has 102 valence electrons. The van der Waals surface area contributed by atoms with Crippen molar-refractivity contribution in [1.29, 1.82) is 0 Å². The molecule has 0 heterocycles. The molecule has 2 rings (SSSR count). The van der Waals surface area contributed by atoms with Crippen molar-refractivity contribution in [2.45, 2.75) is 18.1 Å². The summed E-state index contributed by atoms with van der Waals surface area (Å²) in [6.45, 7) is 0. The first-order valence-corrected chi connectivity index (χ1v) is 5.37. The molecule has 0 saturated heterocycles. The third-order valence-corrected chi connectivity index (χ3v) is 2.75. The van der Waals surface area contributed by atoms with Gasteiger partial charge >= 0.3 is 6.36 Å². The minimum absolute atomic E-state index is 0.238. The fourth-order valence-corrected chi connectivity index (χ4v) is 1.96. The summed E-state index contributed by atoms with van der Waals surface area (Å²) in [5.74, 6) is -1.33. The lowest BCUT2D eigenvalue weighted by Crippen LogP contribution is -2.44. The molecule has 1 aromatic rings. The standard InChI is InChI=1S/C13H9F5O/c14-10-7-4-8-11(15)12(10,19-13(16,17)18)9-5-2-1-3-6-9/h1-8,10H. The quantitative estimate of drug-likeness (QED) is 0.736. The van der Waals surface area contributed by atoms with Crippen LogP contribution >= 0.6 is 0 Å². The van der Waals surface area contributed by atoms with Gasteiger partial charge in [-0.3, -0.25) is 4.74 Å². The normalized spacial score (nSPS) is 27.2. The lowest BCUT2D eigenvalue weighted by atomic mass is 9.84. The number of alkyl halides is 4. The first kappa shape index (κ1) is 13.7. The van der Waals surface area contributed by atoms with E-state index >= 15 is 0 Å². The van der Waals surface area contributed by atoms with Gasteiger partial charge in [-0.05, 0) is 17.7 Å². The molecule has 19 heavy (non-hydrogen) atoms. The van der Waals surface area contributed by atoms with Gasteiger partial charge in [-0.2, -0.15) is 0 Å². The van der Waals surface area contributed by atoms with Crippen molar-refractivity contribution < 1.29 is 26.7 Å². The molecular weight excluding hydrogens is 267 g/mol. The van der Waals surface area contributed by atoms with Gasteiger partial charge in [0.25, 0.3) is 0 Å². The summed E-state index contributed by atoms with van der Waals surface area (Å²) in [7, 11) is 0. The smallest absolute Gasteiger partial charge is 0.269 e. The van der Waals surface area contributed by atoms with Crippen molar-refractivity contribution in [2.24, 2.45) is 0 Å². The van der Waals surface area contributed by atoms with Gasteiger partial charge in [0.15, 0.2) is 11.8 Å². The second-order valence-corrected chi connectivity index (χ2v) is 3.95. The van der Waals surface area contributed by atoms with Crippen LogP contribution in [0.1, 0.15) is 5.56 Å². The maximum atomic E-state index is 14.0. The van der Waals surface area contributed by atoms with Gasteiger partial charge in [-0.25, -0.2) is 8.78 Å². The number of allylic oxidation sites excluding steroid dienone is 2. The molecule has 1 aliphatic carbocycles. The SMILES string of the molecule is FC1=CC=CC(F)C1(OC(F)(F)F)c1ccccc1. The van der Waals surface area contributed by atoms with E-state index in [4.69, 9.17) is 0 Å². The maximum Gasteiger partial charge on any atom is 0.523 e. The summed E-state index contributed by atoms with van der Waals surface area (Å²) in [6, 6.07) is 6.67. The Balaban J connectivity index is 2.57. The van der Waals surface area contributed by atoms with Crippen molar-refractivity contribution in [1.82, 2.24) is 0 Å². The summed E-state index contributed by atoms with van der Waals surface area (Å²) >= 11 is 0. The number of ether oxygens (including phenoxy) is 1. The second-order valence-electron chi connectivity index (χ2n) is 3.95. The molecule has 0 fully saturated rings. The summed E-state index contributed by atoms with van der Waals surface area (Å²) in [4.78, 5) is 0. The minimum atomic E-state index is -5.17. The highest BCUT2D eigenvalue weighted by Crippen LogP contribution is 2.45. The van der Waals surface area contributed by atoms with E-state index in [2.05, 4.69) is 4.74 Å². The molecule has 2 unspecified atom stereocenters. The zero-order chi connectivity index (χ0) is 14.1. The lowest BCUT2D eigenvalue weighted by molar-refractivity contribution is -0.372. The number of hydrogen-bond donors (Lipinski definition) is 0. The van der Waals surface area contributed by atoms with Gasteiger partial charge in [0.1, 0.15) is 5.83 Å². The molecule has 0 bridgehead atoms. The van der Waals surface area contributed by atoms with E-state index in [9.17, 15) is 22.0 Å². The van der Waals surface area contributed by atoms with Crippen LogP contribution in [-0.4, -0.2) is 12.5 Å². The average molecular weight is 276 g/mol. The van der Waals surface area contributed by atoms with Crippen LogP contribution in [0.2, 0.25) is 0 Å². The van der Waals surface area contributed by atoms with Crippen LogP contribution in [0.3, 0.4) is 0 Å². The first-order valence-electron chi connectivity index (χ1n) is 5.37. The van der Waals surface area contributed by atoms with Crippen LogP contribution in [0.5, 0.6) is 0 Å². The summed E-state index contributed by atoms with van der Waals surface area (Å²) in [6.07, 6.45) is -4.85. The molecule has 0 amide bonds. The average Bonchev–Trinajstić information content (AvgIpc) is 2.34. The van der Waals surface area contributed by atoms with Crippen LogP contribution in [-0.2, 0) is 10.3 Å². The Morgan fingerprint density at radius 3 is 2.26 bits per heavy atom. The number of hydrogen-bond acceptors (Lipinski definition) is 1. The van der Waals surface area contributed by atoms with Crippen LogP contribution in [0.4, 0.5) is 22.0 Å². The largest absolute Gasteiger partial charge is 0.523 e. The fourth-order valence-electron chi connectivity index (χ4n) is 1.96. The van der Waals surface area contributed by atoms with Gasteiger partial charge in [0, 0.05) is 0 Å². The van der Waals surface area contributed by atoms with Crippen LogP contribution in [0.25, 0.3) is 0 Å². The predicted molar refractivity (Wildman–Crippen MR) is 58.5 cm³/mol. The Morgan fingerprint density at radius 1 is 1.11 bits per heavy atom. The highest BCUT2D eigenvalue weighted by molar-refractivity contribution is 5.38. The highest BCUT2D eigenvalue weighted by Gasteiger charge is 2.54. The Hall–Kier alpha value is -1.69. The van der Waals surface area contributed by atoms with Gasteiger partial charge in [0.2, 0.25) is 0 Å². The van der Waals surface area contributed by atoms with Crippen molar-refractivity contribution >= 4 is 0 Å². The highest BCUT2D eigenvalue weighted by atomic mass is 19.4. The van der Waals surface area contributed by atoms with E-state index < -0.39 is 24.0 Å². The van der Waals surface area contributed by atoms with Crippen molar-refractivity contribution in [3.63, 3.8) is 0 Å². The van der Waals surface area contributed by atoms with Crippen molar-refractivity contribution in [2.75, 3.05) is 0 Å². The van der Waals surface area contributed by atoms with Gasteiger partial charge in [-0.15, -0.1) is 13.2 Å². The van der Waals surface area contributed by atoms with Gasteiger partial charge in [-0.1, -0.05) is 36.4 Å². The van der Waals surface area contributed by atoms with E-state index in [0.717, 1.165) is 18.2 Å². The lowest BCUT2D eigenvalue weighted by Gasteiger charge is -2.36. The molecule has 0 aromatic heterocycles. The molecule has 2 atom stereocenters. The monoisotopic (exact) mass is 276 g/mol. The summed E-state index contributed by atoms with van der Waals surface area (Å²) < 4.78 is 69.2. The number of benzene rings is 1. The zero-order valence-corrected chi connectivity index (χ0v) is 9.49. The minimum Gasteiger partial charge on any atom is -0.269 e. The Kier molecular flexibility index (Phi) is 3.45. The first-order chi connectivity index (χ1) is 8.86. The third-order valence-electron chi connectivity index (χ3n) is 2.75. The van der Waals surface area contributed by atoms with E-state index in [1.54, 1.807) is 0 Å². The van der Waals surface area contributed by atoms with E-state index in [-0.39, 0.29) is 5.56 Å². The molecule has 1 aromatic carbocycles. The Bertz CT molecular complexity index is 506. The maximum absolute atomic E-state index is 14.0. The summed E-state index contributed by atoms with van der Waals surface area (Å²) in [5.41, 5.74) is -3.05. The predicted octanol–water partition coefficient (Wildman–Crippen LogP) is 4.18. The molecule has 0 radical (unpaired) electrons. The van der Waals surface area contributed by atoms with Crippen LogP contribution < -0.4 is 0 Å². The molecule has 0 N–H and O–H groups in total. The Morgan fingerprint density at radius 2 is 1.74 bits per heavy atom. The number of halogens is 5. The van der Waals surface area contributed by atoms with Gasteiger partial charge < -0.3 is 0 Å². The molecule has 1 nitrogen and oxygen atoms in total. The second kappa shape index (κ2) is 4.77. The molecule has 0 spiro atoms. The molecule has 0 saturated carbocycles. The van der Waals surface area contributed by atoms with Crippen LogP contribution in [0, 0.1) is 0 Å². The van der Waals surface area contributed by atoms with Crippen molar-refractivity contribution in [3.8, 4) is 0 Å². The summed E-state index contributed by atoms with van der Waals surface area (Å²) in [5, 5.41) is 0. The van der Waals surface area contributed by atoms with Crippen molar-refractivity contribution in [3.05, 3.63) is 60.0 Å². The van der Waals surface area contributed by atoms with E-state index in [1.807, 2.05) is 0 Å². The Labute approximate surface area is 106 Å². The molecule has 6 heteroatoms.